The molecule has 0 atom stereocenters. The average Bonchev–Trinajstić information content (AvgIpc) is 3.43. The van der Waals surface area contributed by atoms with Crippen LogP contribution in [0, 0.1) is 0 Å². The van der Waals surface area contributed by atoms with Crippen molar-refractivity contribution in [1.82, 2.24) is 14.4 Å². The molecule has 0 saturated carbocycles. The Hall–Kier alpha value is -4.18. The molecule has 0 saturated heterocycles. The monoisotopic (exact) mass is 383 g/mol. The fourth-order valence-electron chi connectivity index (χ4n) is 5.06. The molecular formula is C26H13N3O. The van der Waals surface area contributed by atoms with Gasteiger partial charge in [-0.25, -0.2) is 9.97 Å². The molecule has 4 aromatic carbocycles. The van der Waals surface area contributed by atoms with Crippen LogP contribution in [-0.2, 0) is 0 Å². The van der Waals surface area contributed by atoms with E-state index >= 15 is 0 Å². The predicted molar refractivity (Wildman–Crippen MR) is 121 cm³/mol. The van der Waals surface area contributed by atoms with Crippen LogP contribution in [0.5, 0.6) is 0 Å². The highest BCUT2D eigenvalue weighted by atomic mass is 16.3. The first-order valence-corrected chi connectivity index (χ1v) is 10.0. The largest absolute Gasteiger partial charge is 0.455 e. The van der Waals surface area contributed by atoms with Crippen molar-refractivity contribution in [3.63, 3.8) is 0 Å². The third kappa shape index (κ3) is 1.57. The molecule has 0 amide bonds. The number of fused-ring (bicyclic) bond motifs is 11. The summed E-state index contributed by atoms with van der Waals surface area (Å²) in [6.45, 7) is 0. The summed E-state index contributed by atoms with van der Waals surface area (Å²) in [5.74, 6) is 0. The van der Waals surface area contributed by atoms with Crippen LogP contribution in [0.2, 0.25) is 0 Å². The van der Waals surface area contributed by atoms with Crippen molar-refractivity contribution in [2.75, 3.05) is 0 Å². The second-order valence-corrected chi connectivity index (χ2v) is 7.86. The van der Waals surface area contributed by atoms with E-state index in [1.165, 1.54) is 10.8 Å². The Kier molecular flexibility index (Phi) is 2.39. The molecule has 8 rings (SSSR count). The Morgan fingerprint density at radius 2 is 1.40 bits per heavy atom. The summed E-state index contributed by atoms with van der Waals surface area (Å²) in [4.78, 5) is 10.1. The second-order valence-electron chi connectivity index (χ2n) is 7.86. The number of rotatable bonds is 0. The quantitative estimate of drug-likeness (QED) is 0.293. The Bertz CT molecular complexity index is 1960. The molecule has 30 heavy (non-hydrogen) atoms. The fourth-order valence-corrected chi connectivity index (χ4v) is 5.06. The van der Waals surface area contributed by atoms with Crippen molar-refractivity contribution in [2.45, 2.75) is 0 Å². The lowest BCUT2D eigenvalue weighted by Crippen LogP contribution is -1.88. The normalized spacial score (nSPS) is 12.7. The summed E-state index contributed by atoms with van der Waals surface area (Å²) >= 11 is 0. The first-order chi connectivity index (χ1) is 14.9. The van der Waals surface area contributed by atoms with Crippen molar-refractivity contribution in [3.05, 3.63) is 78.9 Å². The van der Waals surface area contributed by atoms with Gasteiger partial charge in [0.05, 0.1) is 27.5 Å². The summed E-state index contributed by atoms with van der Waals surface area (Å²) in [5, 5.41) is 5.73. The van der Waals surface area contributed by atoms with Crippen LogP contribution in [0.1, 0.15) is 0 Å². The van der Waals surface area contributed by atoms with Gasteiger partial charge in [0.25, 0.3) is 0 Å². The van der Waals surface area contributed by atoms with Gasteiger partial charge < -0.3 is 4.42 Å². The van der Waals surface area contributed by atoms with Gasteiger partial charge in [0, 0.05) is 21.5 Å². The molecule has 0 spiro atoms. The Labute approximate surface area is 169 Å². The van der Waals surface area contributed by atoms with Gasteiger partial charge in [0.2, 0.25) is 0 Å². The minimum Gasteiger partial charge on any atom is -0.455 e. The third-order valence-corrected chi connectivity index (χ3v) is 6.30. The van der Waals surface area contributed by atoms with E-state index in [0.717, 1.165) is 60.6 Å². The topological polar surface area (TPSA) is 43.3 Å². The maximum Gasteiger partial charge on any atom is 0.165 e. The standard InChI is InChI=1S/C26H13N3O/c1-5-11-20-14(7-1)16-13-17-15-8-2-6-12-21(15)30-25(17)22-23-26(29(20)24(16)22)28-19-10-4-3-9-18(19)27-23/h1-13H. The molecule has 0 fully saturated rings. The zero-order valence-electron chi connectivity index (χ0n) is 15.8. The fraction of sp³-hybridized carbons (Fsp3) is 0. The maximum absolute atomic E-state index is 6.40. The molecule has 0 aliphatic rings. The van der Waals surface area contributed by atoms with E-state index in [1.807, 2.05) is 36.4 Å². The predicted octanol–water partition coefficient (Wildman–Crippen LogP) is 6.68. The molecular weight excluding hydrogens is 370 g/mol. The van der Waals surface area contributed by atoms with Gasteiger partial charge in [-0.15, -0.1) is 0 Å². The van der Waals surface area contributed by atoms with Crippen LogP contribution >= 0.6 is 0 Å². The van der Waals surface area contributed by atoms with Crippen LogP contribution in [-0.4, -0.2) is 14.4 Å². The molecule has 0 bridgehead atoms. The van der Waals surface area contributed by atoms with E-state index in [2.05, 4.69) is 46.9 Å². The van der Waals surface area contributed by atoms with Gasteiger partial charge in [-0.2, -0.15) is 0 Å². The van der Waals surface area contributed by atoms with Crippen LogP contribution in [0.4, 0.5) is 0 Å². The van der Waals surface area contributed by atoms with Crippen molar-refractivity contribution in [1.29, 1.82) is 0 Å². The average molecular weight is 383 g/mol. The van der Waals surface area contributed by atoms with Crippen molar-refractivity contribution in [3.8, 4) is 0 Å². The molecule has 138 valence electrons. The Balaban J connectivity index is 1.80. The number of benzene rings is 4. The van der Waals surface area contributed by atoms with Crippen molar-refractivity contribution in [2.24, 2.45) is 0 Å². The van der Waals surface area contributed by atoms with E-state index in [4.69, 9.17) is 14.4 Å². The number of para-hydroxylation sites is 4. The molecule has 0 aliphatic carbocycles. The van der Waals surface area contributed by atoms with E-state index in [9.17, 15) is 0 Å². The number of furan rings is 1. The van der Waals surface area contributed by atoms with Gasteiger partial charge in [-0.05, 0) is 30.3 Å². The van der Waals surface area contributed by atoms with E-state index in [-0.39, 0.29) is 0 Å². The maximum atomic E-state index is 6.40. The molecule has 4 heterocycles. The molecule has 4 heteroatoms. The first-order valence-electron chi connectivity index (χ1n) is 10.0. The smallest absolute Gasteiger partial charge is 0.165 e. The van der Waals surface area contributed by atoms with Gasteiger partial charge in [0.1, 0.15) is 16.7 Å². The Morgan fingerprint density at radius 3 is 2.30 bits per heavy atom. The highest BCUT2D eigenvalue weighted by Gasteiger charge is 2.24. The lowest BCUT2D eigenvalue weighted by atomic mass is 10.1. The third-order valence-electron chi connectivity index (χ3n) is 6.30. The Morgan fingerprint density at radius 1 is 0.667 bits per heavy atom. The highest BCUT2D eigenvalue weighted by Crippen LogP contribution is 2.44. The lowest BCUT2D eigenvalue weighted by molar-refractivity contribution is 0.673. The summed E-state index contributed by atoms with van der Waals surface area (Å²) in [6, 6.07) is 27.1. The number of aromatic nitrogens is 3. The number of nitrogens with zero attached hydrogens (tertiary/aromatic N) is 3. The first kappa shape index (κ1) is 14.8. The molecule has 4 nitrogen and oxygen atoms in total. The second kappa shape index (κ2) is 4.86. The molecule has 0 N–H and O–H groups in total. The van der Waals surface area contributed by atoms with Crippen LogP contribution in [0.15, 0.2) is 83.3 Å². The van der Waals surface area contributed by atoms with Gasteiger partial charge in [-0.3, -0.25) is 4.40 Å². The van der Waals surface area contributed by atoms with Crippen LogP contribution < -0.4 is 0 Å². The highest BCUT2D eigenvalue weighted by molar-refractivity contribution is 6.32. The van der Waals surface area contributed by atoms with Gasteiger partial charge in [-0.1, -0.05) is 48.5 Å². The zero-order chi connectivity index (χ0) is 19.4. The minimum absolute atomic E-state index is 0.878. The molecule has 0 aliphatic heterocycles. The number of hydrogen-bond donors (Lipinski definition) is 0. The summed E-state index contributed by atoms with van der Waals surface area (Å²) in [6.07, 6.45) is 0. The summed E-state index contributed by atoms with van der Waals surface area (Å²) < 4.78 is 8.65. The molecule has 0 unspecified atom stereocenters. The van der Waals surface area contributed by atoms with E-state index < -0.39 is 0 Å². The molecule has 0 radical (unpaired) electrons. The molecule has 4 aromatic heterocycles. The summed E-state index contributed by atoms with van der Waals surface area (Å²) in [5.41, 5.74) is 7.63. The minimum atomic E-state index is 0.878. The van der Waals surface area contributed by atoms with Crippen LogP contribution in [0.3, 0.4) is 0 Å². The van der Waals surface area contributed by atoms with Crippen molar-refractivity contribution < 1.29 is 4.42 Å². The molecule has 8 aromatic rings. The summed E-state index contributed by atoms with van der Waals surface area (Å²) in [7, 11) is 0. The van der Waals surface area contributed by atoms with Gasteiger partial charge in [0.15, 0.2) is 5.65 Å². The zero-order valence-corrected chi connectivity index (χ0v) is 15.8. The van der Waals surface area contributed by atoms with E-state index in [1.54, 1.807) is 0 Å². The number of hydrogen-bond acceptors (Lipinski definition) is 3. The lowest BCUT2D eigenvalue weighted by Gasteiger charge is -2.00. The van der Waals surface area contributed by atoms with Crippen molar-refractivity contribution >= 4 is 71.3 Å². The van der Waals surface area contributed by atoms with E-state index in [0.29, 0.717) is 0 Å². The SMILES string of the molecule is c1ccc2nc3c(nc2c1)c1c2oc4ccccc4c2cc2c4ccccc4n3c21. The van der Waals surface area contributed by atoms with Crippen LogP contribution in [0.25, 0.3) is 71.3 Å². The van der Waals surface area contributed by atoms with Gasteiger partial charge >= 0.3 is 0 Å².